The minimum absolute atomic E-state index is 0.132. The zero-order valence-corrected chi connectivity index (χ0v) is 11.6. The molecule has 2 rings (SSSR count). The molecule has 0 saturated heterocycles. The fourth-order valence-corrected chi connectivity index (χ4v) is 2.22. The average Bonchev–Trinajstić information content (AvgIpc) is 2.92. The Morgan fingerprint density at radius 1 is 1.40 bits per heavy atom. The second-order valence-corrected chi connectivity index (χ2v) is 5.15. The summed E-state index contributed by atoms with van der Waals surface area (Å²) in [6.07, 6.45) is 3.01. The molecule has 1 aromatic carbocycles. The summed E-state index contributed by atoms with van der Waals surface area (Å²) in [4.78, 5) is 22.8. The molecule has 0 aliphatic rings. The van der Waals surface area contributed by atoms with Crippen LogP contribution in [0.5, 0.6) is 0 Å². The van der Waals surface area contributed by atoms with Crippen molar-refractivity contribution in [2.45, 2.75) is 0 Å². The minimum Gasteiger partial charge on any atom is -0.321 e. The van der Waals surface area contributed by atoms with E-state index in [-0.39, 0.29) is 16.4 Å². The molecule has 0 radical (unpaired) electrons. The first kappa shape index (κ1) is 14.2. The zero-order chi connectivity index (χ0) is 14.5. The van der Waals surface area contributed by atoms with Crippen molar-refractivity contribution in [3.8, 4) is 0 Å². The third-order valence-corrected chi connectivity index (χ3v) is 3.53. The predicted molar refractivity (Wildman–Crippen MR) is 80.1 cm³/mol. The first-order chi connectivity index (χ1) is 9.56. The highest BCUT2D eigenvalue weighted by atomic mass is 35.5. The van der Waals surface area contributed by atoms with Gasteiger partial charge in [0.1, 0.15) is 0 Å². The van der Waals surface area contributed by atoms with Crippen molar-refractivity contribution in [1.82, 2.24) is 0 Å². The number of nitro groups is 1. The van der Waals surface area contributed by atoms with E-state index in [4.69, 9.17) is 11.6 Å². The zero-order valence-electron chi connectivity index (χ0n) is 10.1. The minimum atomic E-state index is -0.548. The lowest BCUT2D eigenvalue weighted by molar-refractivity contribution is -0.384. The van der Waals surface area contributed by atoms with Gasteiger partial charge in [-0.15, -0.1) is 11.3 Å². The van der Waals surface area contributed by atoms with Crippen LogP contribution in [0.15, 0.2) is 41.8 Å². The molecule has 0 atom stereocenters. The van der Waals surface area contributed by atoms with Crippen LogP contribution in [0, 0.1) is 10.1 Å². The van der Waals surface area contributed by atoms with E-state index in [1.807, 2.05) is 17.5 Å². The molecule has 0 fully saturated rings. The highest BCUT2D eigenvalue weighted by molar-refractivity contribution is 7.10. The van der Waals surface area contributed by atoms with E-state index in [1.54, 1.807) is 6.08 Å². The van der Waals surface area contributed by atoms with Crippen LogP contribution in [-0.4, -0.2) is 10.8 Å². The normalized spacial score (nSPS) is 10.7. The largest absolute Gasteiger partial charge is 0.321 e. The molecule has 2 aromatic rings. The van der Waals surface area contributed by atoms with Crippen LogP contribution in [0.2, 0.25) is 5.02 Å². The number of carbonyl (C=O) groups excluding carboxylic acids is 1. The molecular weight excluding hydrogens is 300 g/mol. The molecule has 0 bridgehead atoms. The molecule has 0 aliphatic heterocycles. The summed E-state index contributed by atoms with van der Waals surface area (Å²) in [5, 5.41) is 15.3. The Hall–Kier alpha value is -2.18. The molecule has 1 amide bonds. The summed E-state index contributed by atoms with van der Waals surface area (Å²) in [5.41, 5.74) is 0.0774. The molecular formula is C13H9ClN2O3S. The predicted octanol–water partition coefficient (Wildman–Crippen LogP) is 3.96. The monoisotopic (exact) mass is 308 g/mol. The lowest BCUT2D eigenvalue weighted by atomic mass is 10.2. The van der Waals surface area contributed by atoms with Crippen LogP contribution < -0.4 is 5.32 Å². The van der Waals surface area contributed by atoms with Crippen molar-refractivity contribution >= 4 is 46.3 Å². The highest BCUT2D eigenvalue weighted by Gasteiger charge is 2.10. The van der Waals surface area contributed by atoms with E-state index in [0.717, 1.165) is 4.88 Å². The third kappa shape index (κ3) is 3.66. The number of carbonyl (C=O) groups is 1. The summed E-state index contributed by atoms with van der Waals surface area (Å²) < 4.78 is 0. The number of thiophene rings is 1. The van der Waals surface area contributed by atoms with Gasteiger partial charge in [0, 0.05) is 23.1 Å². The second-order valence-electron chi connectivity index (χ2n) is 3.76. The van der Waals surface area contributed by atoms with Crippen LogP contribution in [0.4, 0.5) is 11.4 Å². The van der Waals surface area contributed by atoms with Crippen LogP contribution >= 0.6 is 22.9 Å². The Morgan fingerprint density at radius 3 is 2.85 bits per heavy atom. The average molecular weight is 309 g/mol. The number of nitro benzene ring substituents is 1. The summed E-state index contributed by atoms with van der Waals surface area (Å²) in [5.74, 6) is -0.402. The summed E-state index contributed by atoms with van der Waals surface area (Å²) in [7, 11) is 0. The number of nitrogens with zero attached hydrogens (tertiary/aromatic N) is 1. The van der Waals surface area contributed by atoms with Crippen molar-refractivity contribution in [3.05, 3.63) is 61.8 Å². The van der Waals surface area contributed by atoms with Gasteiger partial charge in [0.05, 0.1) is 15.6 Å². The number of non-ortho nitro benzene ring substituents is 1. The number of amides is 1. The third-order valence-electron chi connectivity index (χ3n) is 2.36. The van der Waals surface area contributed by atoms with E-state index >= 15 is 0 Å². The number of halogens is 1. The Morgan fingerprint density at radius 2 is 2.20 bits per heavy atom. The van der Waals surface area contributed by atoms with Crippen LogP contribution in [0.3, 0.4) is 0 Å². The molecule has 0 spiro atoms. The smallest absolute Gasteiger partial charge is 0.271 e. The summed E-state index contributed by atoms with van der Waals surface area (Å²) in [6.45, 7) is 0. The molecule has 5 nitrogen and oxygen atoms in total. The molecule has 102 valence electrons. The van der Waals surface area contributed by atoms with E-state index < -0.39 is 10.8 Å². The molecule has 0 saturated carbocycles. The van der Waals surface area contributed by atoms with Crippen molar-refractivity contribution in [1.29, 1.82) is 0 Å². The number of hydrogen-bond donors (Lipinski definition) is 1. The standard InChI is InChI=1S/C13H9ClN2O3S/c14-11-5-3-9(16(18)19)8-12(11)15-13(17)6-4-10-2-1-7-20-10/h1-8H,(H,15,17)/b6-4+. The van der Waals surface area contributed by atoms with Crippen molar-refractivity contribution in [2.24, 2.45) is 0 Å². The molecule has 0 unspecified atom stereocenters. The van der Waals surface area contributed by atoms with Crippen molar-refractivity contribution in [2.75, 3.05) is 5.32 Å². The maximum atomic E-state index is 11.7. The van der Waals surface area contributed by atoms with Crippen LogP contribution in [-0.2, 0) is 4.79 Å². The number of anilines is 1. The molecule has 20 heavy (non-hydrogen) atoms. The lowest BCUT2D eigenvalue weighted by Gasteiger charge is -2.04. The fourth-order valence-electron chi connectivity index (χ4n) is 1.44. The quantitative estimate of drug-likeness (QED) is 0.528. The Balaban J connectivity index is 2.11. The number of rotatable bonds is 4. The first-order valence-electron chi connectivity index (χ1n) is 5.53. The van der Waals surface area contributed by atoms with E-state index in [9.17, 15) is 14.9 Å². The SMILES string of the molecule is O=C(/C=C/c1cccs1)Nc1cc([N+](=O)[O-])ccc1Cl. The van der Waals surface area contributed by atoms with Gasteiger partial charge in [-0.2, -0.15) is 0 Å². The van der Waals surface area contributed by atoms with Crippen molar-refractivity contribution in [3.63, 3.8) is 0 Å². The first-order valence-corrected chi connectivity index (χ1v) is 6.78. The van der Waals surface area contributed by atoms with Gasteiger partial charge < -0.3 is 5.32 Å². The second kappa shape index (κ2) is 6.31. The van der Waals surface area contributed by atoms with Gasteiger partial charge in [0.25, 0.3) is 5.69 Å². The molecule has 7 heteroatoms. The van der Waals surface area contributed by atoms with Gasteiger partial charge in [-0.25, -0.2) is 0 Å². The van der Waals surface area contributed by atoms with Crippen LogP contribution in [0.25, 0.3) is 6.08 Å². The van der Waals surface area contributed by atoms with Crippen molar-refractivity contribution < 1.29 is 9.72 Å². The maximum absolute atomic E-state index is 11.7. The van der Waals surface area contributed by atoms with E-state index in [2.05, 4.69) is 5.32 Å². The topological polar surface area (TPSA) is 72.2 Å². The number of nitrogens with one attached hydrogen (secondary N) is 1. The Kier molecular flexibility index (Phi) is 4.49. The van der Waals surface area contributed by atoms with Gasteiger partial charge in [0.15, 0.2) is 0 Å². The van der Waals surface area contributed by atoms with Gasteiger partial charge >= 0.3 is 0 Å². The number of hydrogen-bond acceptors (Lipinski definition) is 4. The fraction of sp³-hybridized carbons (Fsp3) is 0. The van der Waals surface area contributed by atoms with E-state index in [0.29, 0.717) is 0 Å². The van der Waals surface area contributed by atoms with Gasteiger partial charge in [-0.3, -0.25) is 14.9 Å². The Labute approximate surface area is 123 Å². The maximum Gasteiger partial charge on any atom is 0.271 e. The highest BCUT2D eigenvalue weighted by Crippen LogP contribution is 2.26. The van der Waals surface area contributed by atoms with Gasteiger partial charge in [0.2, 0.25) is 5.91 Å². The van der Waals surface area contributed by atoms with Gasteiger partial charge in [-0.1, -0.05) is 17.7 Å². The number of benzene rings is 1. The Bertz CT molecular complexity index is 668. The summed E-state index contributed by atoms with van der Waals surface area (Å²) in [6, 6.07) is 7.62. The lowest BCUT2D eigenvalue weighted by Crippen LogP contribution is -2.08. The van der Waals surface area contributed by atoms with Gasteiger partial charge in [-0.05, 0) is 23.6 Å². The molecule has 0 aliphatic carbocycles. The molecule has 1 aromatic heterocycles. The molecule has 1 heterocycles. The van der Waals surface area contributed by atoms with Crippen LogP contribution in [0.1, 0.15) is 4.88 Å². The van der Waals surface area contributed by atoms with E-state index in [1.165, 1.54) is 35.6 Å². The summed E-state index contributed by atoms with van der Waals surface area (Å²) >= 11 is 7.38. The molecule has 1 N–H and O–H groups in total.